The van der Waals surface area contributed by atoms with Crippen LogP contribution in [0.4, 0.5) is 0 Å². The highest BCUT2D eigenvalue weighted by molar-refractivity contribution is 9.10. The summed E-state index contributed by atoms with van der Waals surface area (Å²) in [5.41, 5.74) is 2.66. The molecule has 1 heterocycles. The molecular weight excluding hydrogens is 254 g/mol. The normalized spacial score (nSPS) is 10.5. The van der Waals surface area contributed by atoms with Crippen molar-refractivity contribution in [2.75, 3.05) is 0 Å². The molecule has 0 saturated heterocycles. The summed E-state index contributed by atoms with van der Waals surface area (Å²) in [6.07, 6.45) is 0. The van der Waals surface area contributed by atoms with Gasteiger partial charge in [-0.15, -0.1) is 11.3 Å². The van der Waals surface area contributed by atoms with Crippen molar-refractivity contribution in [3.05, 3.63) is 27.7 Å². The number of rotatable bonds is 1. The second-order valence-electron chi connectivity index (χ2n) is 2.43. The Bertz CT molecular complexity index is 480. The third kappa shape index (κ3) is 1.34. The van der Waals surface area contributed by atoms with E-state index in [9.17, 15) is 4.79 Å². The van der Waals surface area contributed by atoms with E-state index in [0.29, 0.717) is 15.8 Å². The van der Waals surface area contributed by atoms with Gasteiger partial charge in [-0.3, -0.25) is 0 Å². The number of hydrogen-bond donors (Lipinski definition) is 1. The average molecular weight is 258 g/mol. The molecule has 1 N–H and O–H groups in total. The number of aromatic nitrogens is 1. The van der Waals surface area contributed by atoms with Gasteiger partial charge in [0.15, 0.2) is 0 Å². The number of fused-ring (bicyclic) bond motifs is 1. The van der Waals surface area contributed by atoms with Crippen LogP contribution in [0.25, 0.3) is 10.2 Å². The van der Waals surface area contributed by atoms with Crippen molar-refractivity contribution in [2.24, 2.45) is 0 Å². The van der Waals surface area contributed by atoms with E-state index in [2.05, 4.69) is 20.9 Å². The number of carboxylic acids is 1. The van der Waals surface area contributed by atoms with Gasteiger partial charge in [-0.1, -0.05) is 0 Å². The molecule has 0 spiro atoms. The van der Waals surface area contributed by atoms with Crippen LogP contribution in [0.15, 0.2) is 22.1 Å². The molecular formula is C8H4BrNO2S. The minimum absolute atomic E-state index is 0.306. The van der Waals surface area contributed by atoms with Crippen LogP contribution in [0.2, 0.25) is 0 Å². The van der Waals surface area contributed by atoms with Gasteiger partial charge in [-0.25, -0.2) is 9.78 Å². The van der Waals surface area contributed by atoms with Crippen LogP contribution in [0, 0.1) is 0 Å². The SMILES string of the molecule is O=C(O)c1ccc(Br)c2ncsc12. The van der Waals surface area contributed by atoms with Crippen molar-refractivity contribution in [3.63, 3.8) is 0 Å². The van der Waals surface area contributed by atoms with Crippen molar-refractivity contribution in [1.29, 1.82) is 0 Å². The number of hydrogen-bond acceptors (Lipinski definition) is 3. The van der Waals surface area contributed by atoms with Crippen molar-refractivity contribution in [1.82, 2.24) is 4.98 Å². The van der Waals surface area contributed by atoms with E-state index >= 15 is 0 Å². The van der Waals surface area contributed by atoms with Crippen LogP contribution in [0.3, 0.4) is 0 Å². The quantitative estimate of drug-likeness (QED) is 0.855. The third-order valence-corrected chi connectivity index (χ3v) is 3.16. The molecule has 13 heavy (non-hydrogen) atoms. The molecule has 1 aromatic carbocycles. The lowest BCUT2D eigenvalue weighted by Crippen LogP contribution is -1.95. The zero-order chi connectivity index (χ0) is 9.42. The van der Waals surface area contributed by atoms with Gasteiger partial charge < -0.3 is 5.11 Å². The summed E-state index contributed by atoms with van der Waals surface area (Å²) in [6.45, 7) is 0. The summed E-state index contributed by atoms with van der Waals surface area (Å²) in [6, 6.07) is 3.28. The van der Waals surface area contributed by atoms with Gasteiger partial charge in [0.2, 0.25) is 0 Å². The van der Waals surface area contributed by atoms with E-state index in [-0.39, 0.29) is 0 Å². The molecule has 2 aromatic rings. The third-order valence-electron chi connectivity index (χ3n) is 1.67. The predicted molar refractivity (Wildman–Crippen MR) is 54.3 cm³/mol. The molecule has 66 valence electrons. The molecule has 3 nitrogen and oxygen atoms in total. The number of thiazole rings is 1. The van der Waals surface area contributed by atoms with Crippen LogP contribution >= 0.6 is 27.3 Å². The Kier molecular flexibility index (Phi) is 2.05. The Labute approximate surface area is 86.2 Å². The second-order valence-corrected chi connectivity index (χ2v) is 4.14. The van der Waals surface area contributed by atoms with Gasteiger partial charge in [0.05, 0.1) is 21.3 Å². The molecule has 0 fully saturated rings. The molecule has 0 saturated carbocycles. The lowest BCUT2D eigenvalue weighted by atomic mass is 10.2. The fourth-order valence-corrected chi connectivity index (χ4v) is 2.47. The fourth-order valence-electron chi connectivity index (χ4n) is 1.09. The van der Waals surface area contributed by atoms with Gasteiger partial charge >= 0.3 is 5.97 Å². The van der Waals surface area contributed by atoms with Gasteiger partial charge in [0.25, 0.3) is 0 Å². The van der Waals surface area contributed by atoms with Crippen molar-refractivity contribution < 1.29 is 9.90 Å². The molecule has 0 atom stereocenters. The van der Waals surface area contributed by atoms with Gasteiger partial charge in [-0.2, -0.15) is 0 Å². The maximum Gasteiger partial charge on any atom is 0.337 e. The van der Waals surface area contributed by atoms with E-state index in [1.165, 1.54) is 11.3 Å². The number of nitrogens with zero attached hydrogens (tertiary/aromatic N) is 1. The van der Waals surface area contributed by atoms with Crippen molar-refractivity contribution in [3.8, 4) is 0 Å². The van der Waals surface area contributed by atoms with E-state index in [1.807, 2.05) is 0 Å². The second kappa shape index (κ2) is 3.08. The Morgan fingerprint density at radius 1 is 1.54 bits per heavy atom. The van der Waals surface area contributed by atoms with Crippen LogP contribution in [0.5, 0.6) is 0 Å². The minimum atomic E-state index is -0.915. The highest BCUT2D eigenvalue weighted by atomic mass is 79.9. The number of halogens is 1. The summed E-state index contributed by atoms with van der Waals surface area (Å²) in [5.74, 6) is -0.915. The molecule has 0 radical (unpaired) electrons. The average Bonchev–Trinajstić information content (AvgIpc) is 2.53. The Morgan fingerprint density at radius 2 is 2.31 bits per heavy atom. The predicted octanol–water partition coefficient (Wildman–Crippen LogP) is 2.76. The fraction of sp³-hybridized carbons (Fsp3) is 0. The first-order valence-electron chi connectivity index (χ1n) is 3.45. The largest absolute Gasteiger partial charge is 0.478 e. The van der Waals surface area contributed by atoms with Gasteiger partial charge in [0, 0.05) is 4.47 Å². The van der Waals surface area contributed by atoms with Gasteiger partial charge in [-0.05, 0) is 28.1 Å². The van der Waals surface area contributed by atoms with E-state index in [0.717, 1.165) is 4.47 Å². The zero-order valence-corrected chi connectivity index (χ0v) is 8.72. The smallest absolute Gasteiger partial charge is 0.337 e. The van der Waals surface area contributed by atoms with E-state index < -0.39 is 5.97 Å². The molecule has 5 heteroatoms. The summed E-state index contributed by atoms with van der Waals surface area (Å²) >= 11 is 4.65. The molecule has 0 aliphatic rings. The van der Waals surface area contributed by atoms with Crippen LogP contribution in [-0.2, 0) is 0 Å². The summed E-state index contributed by atoms with van der Waals surface area (Å²) < 4.78 is 1.54. The molecule has 0 amide bonds. The summed E-state index contributed by atoms with van der Waals surface area (Å²) in [7, 11) is 0. The monoisotopic (exact) mass is 257 g/mol. The molecule has 0 aliphatic heterocycles. The number of carbonyl (C=O) groups is 1. The Balaban J connectivity index is 2.86. The zero-order valence-electron chi connectivity index (χ0n) is 6.32. The number of aromatic carboxylic acids is 1. The highest BCUT2D eigenvalue weighted by Gasteiger charge is 2.11. The lowest BCUT2D eigenvalue weighted by Gasteiger charge is -1.96. The summed E-state index contributed by atoms with van der Waals surface area (Å²) in [5, 5.41) is 8.86. The molecule has 0 aliphatic carbocycles. The standard InChI is InChI=1S/C8H4BrNO2S/c9-5-2-1-4(8(11)12)7-6(5)10-3-13-7/h1-3H,(H,11,12). The van der Waals surface area contributed by atoms with Crippen LogP contribution in [-0.4, -0.2) is 16.1 Å². The minimum Gasteiger partial charge on any atom is -0.478 e. The Hall–Kier alpha value is -0.940. The first kappa shape index (κ1) is 8.65. The first-order chi connectivity index (χ1) is 6.20. The number of benzene rings is 1. The van der Waals surface area contributed by atoms with E-state index in [4.69, 9.17) is 5.11 Å². The Morgan fingerprint density at radius 3 is 3.00 bits per heavy atom. The van der Waals surface area contributed by atoms with Gasteiger partial charge in [0.1, 0.15) is 0 Å². The van der Waals surface area contributed by atoms with Crippen LogP contribution < -0.4 is 0 Å². The maximum atomic E-state index is 10.8. The maximum absolute atomic E-state index is 10.8. The van der Waals surface area contributed by atoms with Crippen molar-refractivity contribution in [2.45, 2.75) is 0 Å². The molecule has 1 aromatic heterocycles. The first-order valence-corrected chi connectivity index (χ1v) is 5.12. The summed E-state index contributed by atoms with van der Waals surface area (Å²) in [4.78, 5) is 14.9. The van der Waals surface area contributed by atoms with E-state index in [1.54, 1.807) is 17.6 Å². The topological polar surface area (TPSA) is 50.2 Å². The van der Waals surface area contributed by atoms with Crippen LogP contribution in [0.1, 0.15) is 10.4 Å². The molecule has 0 unspecified atom stereocenters. The molecule has 0 bridgehead atoms. The lowest BCUT2D eigenvalue weighted by molar-refractivity contribution is 0.0699. The van der Waals surface area contributed by atoms with Crippen molar-refractivity contribution >= 4 is 43.5 Å². The number of carboxylic acid groups (broad SMARTS) is 1. The highest BCUT2D eigenvalue weighted by Crippen LogP contribution is 2.28. The molecule has 2 rings (SSSR count).